The molecule has 1 rings (SSSR count). The molecule has 0 bridgehead atoms. The number of carboxylic acid groups (broad SMARTS) is 1. The average Bonchev–Trinajstić information content (AvgIpc) is 2.43. The second kappa shape index (κ2) is 7.56. The summed E-state index contributed by atoms with van der Waals surface area (Å²) in [6, 6.07) is 1.62. The standard InChI is InChI=1S/C14H18F2N2O3/c1-8-5-6-10(15)12(11(8)16)18-14(21)17-7-3-4-9(2)13(19)20/h5-6,9H,3-4,7H2,1-2H3,(H,19,20)(H2,17,18,21). The summed E-state index contributed by atoms with van der Waals surface area (Å²) in [5.74, 6) is -3.07. The van der Waals surface area contributed by atoms with Crippen LogP contribution in [-0.2, 0) is 4.79 Å². The van der Waals surface area contributed by atoms with Gasteiger partial charge in [-0.15, -0.1) is 0 Å². The van der Waals surface area contributed by atoms with E-state index in [0.717, 1.165) is 6.07 Å². The van der Waals surface area contributed by atoms with Crippen LogP contribution in [-0.4, -0.2) is 23.7 Å². The molecule has 7 heteroatoms. The van der Waals surface area contributed by atoms with E-state index in [0.29, 0.717) is 12.8 Å². The topological polar surface area (TPSA) is 78.4 Å². The Kier molecular flexibility index (Phi) is 6.08. The Labute approximate surface area is 121 Å². The average molecular weight is 300 g/mol. The van der Waals surface area contributed by atoms with Crippen LogP contribution >= 0.6 is 0 Å². The summed E-state index contributed by atoms with van der Waals surface area (Å²) in [5.41, 5.74) is -0.270. The number of aryl methyl sites for hydroxylation is 1. The van der Waals surface area contributed by atoms with Gasteiger partial charge in [0.15, 0.2) is 5.82 Å². The lowest BCUT2D eigenvalue weighted by Gasteiger charge is -2.11. The third-order valence-electron chi connectivity index (χ3n) is 3.04. The fourth-order valence-corrected chi connectivity index (χ4v) is 1.66. The smallest absolute Gasteiger partial charge is 0.319 e. The van der Waals surface area contributed by atoms with Crippen LogP contribution < -0.4 is 10.6 Å². The van der Waals surface area contributed by atoms with Crippen LogP contribution in [0.5, 0.6) is 0 Å². The molecule has 0 spiro atoms. The minimum atomic E-state index is -0.900. The number of amides is 2. The van der Waals surface area contributed by atoms with E-state index in [9.17, 15) is 18.4 Å². The number of hydrogen-bond acceptors (Lipinski definition) is 2. The number of carboxylic acids is 1. The monoisotopic (exact) mass is 300 g/mol. The van der Waals surface area contributed by atoms with E-state index in [4.69, 9.17) is 5.11 Å². The van der Waals surface area contributed by atoms with E-state index >= 15 is 0 Å². The molecule has 0 aromatic heterocycles. The Hall–Kier alpha value is -2.18. The molecule has 0 heterocycles. The molecule has 116 valence electrons. The lowest BCUT2D eigenvalue weighted by molar-refractivity contribution is -0.141. The first-order chi connectivity index (χ1) is 9.82. The van der Waals surface area contributed by atoms with Crippen LogP contribution in [0.4, 0.5) is 19.3 Å². The SMILES string of the molecule is Cc1ccc(F)c(NC(=O)NCCCC(C)C(=O)O)c1F. The molecule has 21 heavy (non-hydrogen) atoms. The molecule has 0 saturated carbocycles. The van der Waals surface area contributed by atoms with Crippen molar-refractivity contribution in [2.24, 2.45) is 5.92 Å². The maximum Gasteiger partial charge on any atom is 0.319 e. The fourth-order valence-electron chi connectivity index (χ4n) is 1.66. The van der Waals surface area contributed by atoms with Gasteiger partial charge in [0.05, 0.1) is 5.92 Å². The van der Waals surface area contributed by atoms with Crippen molar-refractivity contribution in [2.75, 3.05) is 11.9 Å². The van der Waals surface area contributed by atoms with Gasteiger partial charge in [0.2, 0.25) is 0 Å². The molecule has 1 unspecified atom stereocenters. The van der Waals surface area contributed by atoms with Gasteiger partial charge in [-0.25, -0.2) is 13.6 Å². The van der Waals surface area contributed by atoms with Gasteiger partial charge >= 0.3 is 12.0 Å². The number of anilines is 1. The highest BCUT2D eigenvalue weighted by molar-refractivity contribution is 5.89. The lowest BCUT2D eigenvalue weighted by Crippen LogP contribution is -2.30. The number of benzene rings is 1. The van der Waals surface area contributed by atoms with Gasteiger partial charge in [0, 0.05) is 6.54 Å². The molecule has 5 nitrogen and oxygen atoms in total. The molecule has 3 N–H and O–H groups in total. The number of nitrogens with one attached hydrogen (secondary N) is 2. The summed E-state index contributed by atoms with van der Waals surface area (Å²) in [5, 5.41) is 13.2. The van der Waals surface area contributed by atoms with Crippen LogP contribution in [0.25, 0.3) is 0 Å². The summed E-state index contributed by atoms with van der Waals surface area (Å²) >= 11 is 0. The van der Waals surface area contributed by atoms with Crippen molar-refractivity contribution in [3.63, 3.8) is 0 Å². The summed E-state index contributed by atoms with van der Waals surface area (Å²) in [4.78, 5) is 22.1. The zero-order valence-electron chi connectivity index (χ0n) is 11.9. The maximum atomic E-state index is 13.7. The first kappa shape index (κ1) is 16.9. The van der Waals surface area contributed by atoms with Crippen molar-refractivity contribution < 1.29 is 23.5 Å². The van der Waals surface area contributed by atoms with Crippen LogP contribution in [0.3, 0.4) is 0 Å². The van der Waals surface area contributed by atoms with E-state index in [1.165, 1.54) is 13.0 Å². The van der Waals surface area contributed by atoms with Crippen molar-refractivity contribution in [1.82, 2.24) is 5.32 Å². The molecule has 0 aliphatic carbocycles. The Balaban J connectivity index is 2.45. The largest absolute Gasteiger partial charge is 0.481 e. The highest BCUT2D eigenvalue weighted by Crippen LogP contribution is 2.21. The summed E-state index contributed by atoms with van der Waals surface area (Å²) in [6.07, 6.45) is 0.864. The normalized spacial score (nSPS) is 11.8. The molecule has 2 amide bonds. The van der Waals surface area contributed by atoms with E-state index in [-0.39, 0.29) is 12.1 Å². The molecule has 1 aromatic carbocycles. The molecule has 0 aliphatic heterocycles. The summed E-state index contributed by atoms with van der Waals surface area (Å²) in [6.45, 7) is 3.25. The van der Waals surface area contributed by atoms with E-state index in [1.807, 2.05) is 0 Å². The van der Waals surface area contributed by atoms with Gasteiger partial charge in [-0.3, -0.25) is 4.79 Å². The molecule has 0 aliphatic rings. The third-order valence-corrected chi connectivity index (χ3v) is 3.04. The molecule has 1 aromatic rings. The van der Waals surface area contributed by atoms with Crippen LogP contribution in [0, 0.1) is 24.5 Å². The lowest BCUT2D eigenvalue weighted by atomic mass is 10.1. The molecular weight excluding hydrogens is 282 g/mol. The predicted octanol–water partition coefficient (Wildman–Crippen LogP) is 2.90. The quantitative estimate of drug-likeness (QED) is 0.707. The molecule has 0 saturated heterocycles. The second-order valence-electron chi connectivity index (χ2n) is 4.82. The number of carbonyl (C=O) groups excluding carboxylic acids is 1. The minimum absolute atomic E-state index is 0.221. The number of halogens is 2. The summed E-state index contributed by atoms with van der Waals surface area (Å²) < 4.78 is 27.1. The minimum Gasteiger partial charge on any atom is -0.481 e. The molecule has 0 fully saturated rings. The Morgan fingerprint density at radius 2 is 2.00 bits per heavy atom. The van der Waals surface area contributed by atoms with Crippen molar-refractivity contribution in [3.8, 4) is 0 Å². The number of carbonyl (C=O) groups is 2. The van der Waals surface area contributed by atoms with Crippen molar-refractivity contribution in [3.05, 3.63) is 29.3 Å². The fraction of sp³-hybridized carbons (Fsp3) is 0.429. The van der Waals surface area contributed by atoms with E-state index in [1.54, 1.807) is 6.92 Å². The van der Waals surface area contributed by atoms with Gasteiger partial charge in [0.1, 0.15) is 11.5 Å². The Morgan fingerprint density at radius 1 is 1.33 bits per heavy atom. The van der Waals surface area contributed by atoms with E-state index < -0.39 is 35.2 Å². The molecule has 0 radical (unpaired) electrons. The second-order valence-corrected chi connectivity index (χ2v) is 4.82. The van der Waals surface area contributed by atoms with Crippen molar-refractivity contribution in [2.45, 2.75) is 26.7 Å². The van der Waals surface area contributed by atoms with Gasteiger partial charge in [-0.1, -0.05) is 13.0 Å². The first-order valence-corrected chi connectivity index (χ1v) is 6.55. The maximum absolute atomic E-state index is 13.7. The number of urea groups is 1. The predicted molar refractivity (Wildman–Crippen MR) is 74.2 cm³/mol. The van der Waals surface area contributed by atoms with Crippen molar-refractivity contribution >= 4 is 17.7 Å². The van der Waals surface area contributed by atoms with E-state index in [2.05, 4.69) is 10.6 Å². The van der Waals surface area contributed by atoms with Gasteiger partial charge in [-0.2, -0.15) is 0 Å². The highest BCUT2D eigenvalue weighted by Gasteiger charge is 2.14. The zero-order valence-corrected chi connectivity index (χ0v) is 11.9. The number of rotatable bonds is 6. The Bertz CT molecular complexity index is 535. The first-order valence-electron chi connectivity index (χ1n) is 6.55. The van der Waals surface area contributed by atoms with Gasteiger partial charge < -0.3 is 15.7 Å². The van der Waals surface area contributed by atoms with Crippen LogP contribution in [0.2, 0.25) is 0 Å². The zero-order chi connectivity index (χ0) is 16.0. The Morgan fingerprint density at radius 3 is 2.62 bits per heavy atom. The van der Waals surface area contributed by atoms with Gasteiger partial charge in [-0.05, 0) is 31.4 Å². The number of aliphatic carboxylic acids is 1. The van der Waals surface area contributed by atoms with Crippen molar-refractivity contribution in [1.29, 1.82) is 0 Å². The highest BCUT2D eigenvalue weighted by atomic mass is 19.1. The van der Waals surface area contributed by atoms with Crippen LogP contribution in [0.1, 0.15) is 25.3 Å². The number of hydrogen-bond donors (Lipinski definition) is 3. The molecular formula is C14H18F2N2O3. The molecule has 1 atom stereocenters. The van der Waals surface area contributed by atoms with Gasteiger partial charge in [0.25, 0.3) is 0 Å². The van der Waals surface area contributed by atoms with Crippen LogP contribution in [0.15, 0.2) is 12.1 Å². The third kappa shape index (κ3) is 5.02. The summed E-state index contributed by atoms with van der Waals surface area (Å²) in [7, 11) is 0.